The minimum Gasteiger partial charge on any atom is -0.480 e. The van der Waals surface area contributed by atoms with Gasteiger partial charge in [-0.25, -0.2) is 0 Å². The fourth-order valence-electron chi connectivity index (χ4n) is 2.77. The maximum absolute atomic E-state index is 11.2. The molecule has 13 heteroatoms. The molecule has 166 valence electrons. The second-order valence-corrected chi connectivity index (χ2v) is 6.38. The van der Waals surface area contributed by atoms with E-state index in [1.807, 2.05) is 0 Å². The first kappa shape index (κ1) is 26.2. The van der Waals surface area contributed by atoms with Crippen LogP contribution in [0, 0.1) is 0 Å². The van der Waals surface area contributed by atoms with Crippen LogP contribution in [-0.4, -0.2) is 128 Å². The summed E-state index contributed by atoms with van der Waals surface area (Å²) in [5.74, 6) is -6.13. The van der Waals surface area contributed by atoms with E-state index in [2.05, 4.69) is 0 Å². The van der Waals surface area contributed by atoms with Gasteiger partial charge in [0.2, 0.25) is 0 Å². The molecule has 0 fully saturated rings. The summed E-state index contributed by atoms with van der Waals surface area (Å²) in [5.41, 5.74) is 0. The zero-order chi connectivity index (χ0) is 22.6. The number of carboxylic acids is 5. The third-order valence-electron chi connectivity index (χ3n) is 3.94. The van der Waals surface area contributed by atoms with Crippen molar-refractivity contribution in [3.63, 3.8) is 0 Å². The zero-order valence-corrected chi connectivity index (χ0v) is 16.1. The number of aliphatic carboxylic acids is 5. The van der Waals surface area contributed by atoms with Crippen LogP contribution in [0.15, 0.2) is 0 Å². The van der Waals surface area contributed by atoms with Gasteiger partial charge in [0.05, 0.1) is 32.7 Å². The first-order valence-electron chi connectivity index (χ1n) is 8.72. The Bertz CT molecular complexity index is 565. The van der Waals surface area contributed by atoms with Crippen LogP contribution < -0.4 is 0 Å². The molecule has 0 rings (SSSR count). The predicted molar refractivity (Wildman–Crippen MR) is 96.7 cm³/mol. The highest BCUT2D eigenvalue weighted by molar-refractivity contribution is 5.73. The molecule has 0 radical (unpaired) electrons. The molecule has 13 nitrogen and oxygen atoms in total. The number of hydrogen-bond acceptors (Lipinski definition) is 8. The maximum Gasteiger partial charge on any atom is 0.317 e. The van der Waals surface area contributed by atoms with Crippen molar-refractivity contribution in [1.82, 2.24) is 14.7 Å². The number of hydrogen-bond donors (Lipinski definition) is 5. The fraction of sp³-hybridized carbons (Fsp3) is 0.688. The molecule has 0 aromatic heterocycles. The van der Waals surface area contributed by atoms with Gasteiger partial charge in [0.1, 0.15) is 0 Å². The Morgan fingerprint density at radius 3 is 1.31 bits per heavy atom. The Hall–Kier alpha value is -2.77. The van der Waals surface area contributed by atoms with Gasteiger partial charge in [0, 0.05) is 25.7 Å². The summed E-state index contributed by atoms with van der Waals surface area (Å²) in [6.07, 6.45) is 0.338. The third-order valence-corrected chi connectivity index (χ3v) is 3.94. The SMILES string of the molecule is CCC(CN(CCN(CC(=O)O)CC(=O)O)CC(=O)O)N(CC(=O)O)CC(=O)O. The smallest absolute Gasteiger partial charge is 0.317 e. The first-order valence-corrected chi connectivity index (χ1v) is 8.72. The van der Waals surface area contributed by atoms with Gasteiger partial charge >= 0.3 is 29.8 Å². The molecule has 5 N–H and O–H groups in total. The van der Waals surface area contributed by atoms with E-state index in [-0.39, 0.29) is 19.6 Å². The number of carboxylic acid groups (broad SMARTS) is 5. The largest absolute Gasteiger partial charge is 0.480 e. The molecule has 29 heavy (non-hydrogen) atoms. The molecular weight excluding hydrogens is 394 g/mol. The van der Waals surface area contributed by atoms with Gasteiger partial charge in [-0.2, -0.15) is 0 Å². The van der Waals surface area contributed by atoms with Gasteiger partial charge in [0.25, 0.3) is 0 Å². The third kappa shape index (κ3) is 13.1. The average Bonchev–Trinajstić information content (AvgIpc) is 2.54. The van der Waals surface area contributed by atoms with Crippen molar-refractivity contribution in [1.29, 1.82) is 0 Å². The lowest BCUT2D eigenvalue weighted by atomic mass is 10.1. The zero-order valence-electron chi connectivity index (χ0n) is 16.1. The Morgan fingerprint density at radius 1 is 0.621 bits per heavy atom. The molecule has 0 aromatic rings. The lowest BCUT2D eigenvalue weighted by molar-refractivity contribution is -0.144. The number of carbonyl (C=O) groups is 5. The van der Waals surface area contributed by atoms with Crippen molar-refractivity contribution in [2.45, 2.75) is 19.4 Å². The molecule has 0 saturated carbocycles. The summed E-state index contributed by atoms with van der Waals surface area (Å²) in [6, 6.07) is -0.589. The van der Waals surface area contributed by atoms with Gasteiger partial charge in [-0.1, -0.05) is 6.92 Å². The minimum absolute atomic E-state index is 0.00264. The minimum atomic E-state index is -1.24. The highest BCUT2D eigenvalue weighted by Crippen LogP contribution is 2.08. The van der Waals surface area contributed by atoms with Crippen molar-refractivity contribution in [3.8, 4) is 0 Å². The lowest BCUT2D eigenvalue weighted by Gasteiger charge is -2.33. The Kier molecular flexibility index (Phi) is 12.1. The molecule has 0 saturated heterocycles. The molecule has 0 amide bonds. The monoisotopic (exact) mass is 421 g/mol. The second-order valence-electron chi connectivity index (χ2n) is 6.38. The molecule has 0 bridgehead atoms. The quantitative estimate of drug-likeness (QED) is 0.175. The van der Waals surface area contributed by atoms with E-state index in [0.717, 1.165) is 4.90 Å². The summed E-state index contributed by atoms with van der Waals surface area (Å²) < 4.78 is 0. The van der Waals surface area contributed by atoms with Gasteiger partial charge in [-0.3, -0.25) is 38.7 Å². The van der Waals surface area contributed by atoms with Crippen molar-refractivity contribution in [2.24, 2.45) is 0 Å². The summed E-state index contributed by atoms with van der Waals surface area (Å²) >= 11 is 0. The van der Waals surface area contributed by atoms with E-state index in [1.54, 1.807) is 6.92 Å². The summed E-state index contributed by atoms with van der Waals surface area (Å²) in [7, 11) is 0. The van der Waals surface area contributed by atoms with E-state index in [1.165, 1.54) is 9.80 Å². The Balaban J connectivity index is 5.26. The molecule has 1 unspecified atom stereocenters. The molecule has 0 aliphatic carbocycles. The summed E-state index contributed by atoms with van der Waals surface area (Å²) in [4.78, 5) is 58.7. The molecule has 0 aliphatic heterocycles. The molecule has 0 aromatic carbocycles. The van der Waals surface area contributed by atoms with Crippen LogP contribution in [-0.2, 0) is 24.0 Å². The molecule has 0 aliphatic rings. The summed E-state index contributed by atoms with van der Waals surface area (Å²) in [6.45, 7) is -0.996. The summed E-state index contributed by atoms with van der Waals surface area (Å²) in [5, 5.41) is 44.9. The van der Waals surface area contributed by atoms with E-state index in [0.29, 0.717) is 6.42 Å². The standard InChI is InChI=1S/C16H27N3O10/c1-2-11(19(9-15(26)27)10-16(28)29)5-17(6-12(20)21)3-4-18(7-13(22)23)8-14(24)25/h11H,2-10H2,1H3,(H,20,21)(H,22,23)(H,24,25)(H,26,27)(H,28,29). The molecule has 1 atom stereocenters. The normalized spacial score (nSPS) is 12.3. The first-order chi connectivity index (χ1) is 13.4. The van der Waals surface area contributed by atoms with E-state index in [4.69, 9.17) is 25.5 Å². The highest BCUT2D eigenvalue weighted by Gasteiger charge is 2.25. The van der Waals surface area contributed by atoms with E-state index in [9.17, 15) is 24.0 Å². The number of rotatable bonds is 17. The van der Waals surface area contributed by atoms with Crippen LogP contribution in [0.1, 0.15) is 13.3 Å². The van der Waals surface area contributed by atoms with Gasteiger partial charge in [0.15, 0.2) is 0 Å². The second kappa shape index (κ2) is 13.4. The lowest BCUT2D eigenvalue weighted by Crippen LogP contribution is -2.50. The van der Waals surface area contributed by atoms with Gasteiger partial charge in [-0.05, 0) is 6.42 Å². The maximum atomic E-state index is 11.2. The van der Waals surface area contributed by atoms with Crippen LogP contribution in [0.25, 0.3) is 0 Å². The predicted octanol–water partition coefficient (Wildman–Crippen LogP) is -1.91. The molecular formula is C16H27N3O10. The van der Waals surface area contributed by atoms with Crippen LogP contribution >= 0.6 is 0 Å². The van der Waals surface area contributed by atoms with Gasteiger partial charge in [-0.15, -0.1) is 0 Å². The Morgan fingerprint density at radius 2 is 0.966 bits per heavy atom. The van der Waals surface area contributed by atoms with Gasteiger partial charge < -0.3 is 25.5 Å². The van der Waals surface area contributed by atoms with Crippen LogP contribution in [0.4, 0.5) is 0 Å². The van der Waals surface area contributed by atoms with Crippen molar-refractivity contribution in [2.75, 3.05) is 52.4 Å². The number of nitrogens with zero attached hydrogens (tertiary/aromatic N) is 3. The van der Waals surface area contributed by atoms with Crippen molar-refractivity contribution >= 4 is 29.8 Å². The van der Waals surface area contributed by atoms with Crippen LogP contribution in [0.3, 0.4) is 0 Å². The Labute approximate surface area is 166 Å². The van der Waals surface area contributed by atoms with E-state index < -0.39 is 68.6 Å². The molecule has 0 spiro atoms. The molecule has 0 heterocycles. The highest BCUT2D eigenvalue weighted by atomic mass is 16.4. The van der Waals surface area contributed by atoms with Crippen molar-refractivity contribution in [3.05, 3.63) is 0 Å². The van der Waals surface area contributed by atoms with E-state index >= 15 is 0 Å². The van der Waals surface area contributed by atoms with Crippen LogP contribution in [0.5, 0.6) is 0 Å². The van der Waals surface area contributed by atoms with Crippen LogP contribution in [0.2, 0.25) is 0 Å². The fourth-order valence-corrected chi connectivity index (χ4v) is 2.77. The van der Waals surface area contributed by atoms with Crippen molar-refractivity contribution < 1.29 is 49.5 Å². The average molecular weight is 421 g/mol. The topological polar surface area (TPSA) is 196 Å².